The fraction of sp³-hybridized carbons (Fsp3) is 0.267. The summed E-state index contributed by atoms with van der Waals surface area (Å²) in [4.78, 5) is 10.5. The van der Waals surface area contributed by atoms with E-state index < -0.39 is 12.1 Å². The highest BCUT2D eigenvalue weighted by Crippen LogP contribution is 1.88. The monoisotopic (exact) mass is 242 g/mol. The van der Waals surface area contributed by atoms with Crippen molar-refractivity contribution in [1.82, 2.24) is 0 Å². The van der Waals surface area contributed by atoms with Gasteiger partial charge in [0.1, 0.15) is 12.7 Å². The number of hydrogen-bond donors (Lipinski definition) is 1. The van der Waals surface area contributed by atoms with Crippen LogP contribution in [-0.4, -0.2) is 23.8 Å². The number of ether oxygens (including phenoxy) is 1. The number of hydrogen-bond acceptors (Lipinski definition) is 3. The molecule has 0 radical (unpaired) electrons. The first-order valence-electron chi connectivity index (χ1n) is 5.27. The van der Waals surface area contributed by atoms with E-state index in [1.165, 1.54) is 19.1 Å². The molecule has 0 saturated carbocycles. The van der Waals surface area contributed by atoms with E-state index in [4.69, 9.17) is 0 Å². The van der Waals surface area contributed by atoms with Crippen molar-refractivity contribution in [2.75, 3.05) is 6.61 Å². The highest BCUT2D eigenvalue weighted by Gasteiger charge is 1.99. The van der Waals surface area contributed by atoms with Crippen LogP contribution in [0.5, 0.6) is 0 Å². The van der Waals surface area contributed by atoms with Gasteiger partial charge < -0.3 is 9.84 Å². The molecule has 3 nitrogen and oxygen atoms in total. The summed E-state index contributed by atoms with van der Waals surface area (Å²) in [5, 5.41) is 9.30. The number of esters is 1. The molecule has 0 spiro atoms. The second kappa shape index (κ2) is 11.1. The van der Waals surface area contributed by atoms with Crippen LogP contribution < -0.4 is 0 Å². The molecule has 0 aromatic rings. The van der Waals surface area contributed by atoms with Gasteiger partial charge in [0.05, 0.1) is 0 Å². The van der Waals surface area contributed by atoms with E-state index in [1.807, 2.05) is 13.0 Å². The lowest BCUT2D eigenvalue weighted by atomic mass is 10.3. The van der Waals surface area contributed by atoms with Gasteiger partial charge in [-0.25, -0.2) is 0 Å². The van der Waals surface area contributed by atoms with Gasteiger partial charge in [-0.1, -0.05) is 17.9 Å². The van der Waals surface area contributed by atoms with Crippen molar-refractivity contribution in [3.8, 4) is 35.5 Å². The molecule has 0 saturated heterocycles. The smallest absolute Gasteiger partial charge is 0.302 e. The Kier molecular flexibility index (Phi) is 9.60. The van der Waals surface area contributed by atoms with E-state index in [0.717, 1.165) is 0 Å². The summed E-state index contributed by atoms with van der Waals surface area (Å²) in [7, 11) is 0. The molecule has 0 heterocycles. The Morgan fingerprint density at radius 3 is 2.39 bits per heavy atom. The average Bonchev–Trinajstić information content (AvgIpc) is 2.34. The molecule has 0 unspecified atom stereocenters. The molecular formula is C15H14O3. The van der Waals surface area contributed by atoms with Gasteiger partial charge in [0.2, 0.25) is 0 Å². The number of carbonyl (C=O) groups is 1. The normalized spacial score (nSPS) is 10.6. The highest BCUT2D eigenvalue weighted by molar-refractivity contribution is 5.65. The second-order valence-corrected chi connectivity index (χ2v) is 3.02. The lowest BCUT2D eigenvalue weighted by Gasteiger charge is -2.03. The molecule has 1 atom stereocenters. The van der Waals surface area contributed by atoms with Gasteiger partial charge in [-0.2, -0.15) is 0 Å². The molecule has 0 aliphatic rings. The van der Waals surface area contributed by atoms with E-state index in [1.54, 1.807) is 6.08 Å². The fourth-order valence-corrected chi connectivity index (χ4v) is 0.719. The Morgan fingerprint density at radius 1 is 1.22 bits per heavy atom. The molecule has 92 valence electrons. The zero-order valence-corrected chi connectivity index (χ0v) is 10.4. The summed E-state index contributed by atoms with van der Waals surface area (Å²) in [5.74, 6) is 15.1. The molecule has 0 aliphatic heterocycles. The zero-order valence-electron chi connectivity index (χ0n) is 10.4. The van der Waals surface area contributed by atoms with Gasteiger partial charge in [0, 0.05) is 6.92 Å². The average molecular weight is 242 g/mol. The molecule has 0 fully saturated rings. The molecule has 0 aromatic carbocycles. The second-order valence-electron chi connectivity index (χ2n) is 3.02. The maximum atomic E-state index is 10.5. The van der Waals surface area contributed by atoms with Crippen molar-refractivity contribution >= 4 is 5.97 Å². The largest absolute Gasteiger partial charge is 0.463 e. The molecule has 0 aliphatic carbocycles. The van der Waals surface area contributed by atoms with Crippen LogP contribution in [0.15, 0.2) is 24.3 Å². The zero-order chi connectivity index (χ0) is 13.6. The van der Waals surface area contributed by atoms with Crippen molar-refractivity contribution in [3.05, 3.63) is 24.3 Å². The maximum absolute atomic E-state index is 10.5. The van der Waals surface area contributed by atoms with Crippen molar-refractivity contribution in [3.63, 3.8) is 0 Å². The molecule has 0 rings (SSSR count). The van der Waals surface area contributed by atoms with E-state index >= 15 is 0 Å². The SMILES string of the molecule is C/C=C\C#CC#CC#C/C=C/[C@H](O)COC(C)=O. The summed E-state index contributed by atoms with van der Waals surface area (Å²) < 4.78 is 4.60. The van der Waals surface area contributed by atoms with Gasteiger partial charge in [0.15, 0.2) is 0 Å². The summed E-state index contributed by atoms with van der Waals surface area (Å²) in [6.07, 6.45) is 5.51. The minimum absolute atomic E-state index is 0.0754. The first-order valence-corrected chi connectivity index (χ1v) is 5.27. The number of carbonyl (C=O) groups excluding carboxylic acids is 1. The Morgan fingerprint density at radius 2 is 1.83 bits per heavy atom. The third-order valence-corrected chi connectivity index (χ3v) is 1.44. The third-order valence-electron chi connectivity index (χ3n) is 1.44. The van der Waals surface area contributed by atoms with E-state index in [2.05, 4.69) is 40.3 Å². The summed E-state index contributed by atoms with van der Waals surface area (Å²) >= 11 is 0. The number of aliphatic hydroxyl groups excluding tert-OH is 1. The minimum atomic E-state index is -0.856. The van der Waals surface area contributed by atoms with Crippen molar-refractivity contribution in [1.29, 1.82) is 0 Å². The summed E-state index contributed by atoms with van der Waals surface area (Å²) in [6.45, 7) is 3.07. The Hall–Kier alpha value is -2.41. The molecule has 0 amide bonds. The quantitative estimate of drug-likeness (QED) is 0.594. The van der Waals surface area contributed by atoms with Gasteiger partial charge in [-0.05, 0) is 48.8 Å². The van der Waals surface area contributed by atoms with Gasteiger partial charge in [-0.3, -0.25) is 4.79 Å². The highest BCUT2D eigenvalue weighted by atomic mass is 16.5. The van der Waals surface area contributed by atoms with E-state index in [9.17, 15) is 9.90 Å². The number of allylic oxidation sites excluding steroid dienone is 3. The van der Waals surface area contributed by atoms with E-state index in [-0.39, 0.29) is 6.61 Å². The van der Waals surface area contributed by atoms with Gasteiger partial charge in [-0.15, -0.1) is 0 Å². The molecule has 1 N–H and O–H groups in total. The molecular weight excluding hydrogens is 228 g/mol. The molecule has 3 heteroatoms. The van der Waals surface area contributed by atoms with Crippen LogP contribution in [0.2, 0.25) is 0 Å². The van der Waals surface area contributed by atoms with Crippen LogP contribution in [0, 0.1) is 35.5 Å². The lowest BCUT2D eigenvalue weighted by molar-refractivity contribution is -0.143. The van der Waals surface area contributed by atoms with Crippen LogP contribution in [-0.2, 0) is 9.53 Å². The van der Waals surface area contributed by atoms with Crippen molar-refractivity contribution in [2.45, 2.75) is 20.0 Å². The van der Waals surface area contributed by atoms with Crippen LogP contribution >= 0.6 is 0 Å². The van der Waals surface area contributed by atoms with Crippen LogP contribution in [0.1, 0.15) is 13.8 Å². The van der Waals surface area contributed by atoms with Crippen LogP contribution in [0.3, 0.4) is 0 Å². The lowest BCUT2D eigenvalue weighted by Crippen LogP contribution is -2.14. The topological polar surface area (TPSA) is 46.5 Å². The predicted molar refractivity (Wildman–Crippen MR) is 69.9 cm³/mol. The molecule has 0 aromatic heterocycles. The Labute approximate surface area is 108 Å². The van der Waals surface area contributed by atoms with Crippen LogP contribution in [0.4, 0.5) is 0 Å². The van der Waals surface area contributed by atoms with Crippen molar-refractivity contribution < 1.29 is 14.6 Å². The first-order chi connectivity index (χ1) is 8.66. The number of aliphatic hydroxyl groups is 1. The fourth-order valence-electron chi connectivity index (χ4n) is 0.719. The van der Waals surface area contributed by atoms with Crippen molar-refractivity contribution in [2.24, 2.45) is 0 Å². The Balaban J connectivity index is 4.03. The van der Waals surface area contributed by atoms with Gasteiger partial charge >= 0.3 is 5.97 Å². The summed E-state index contributed by atoms with van der Waals surface area (Å²) in [5.41, 5.74) is 0. The van der Waals surface area contributed by atoms with Crippen LogP contribution in [0.25, 0.3) is 0 Å². The van der Waals surface area contributed by atoms with Gasteiger partial charge in [0.25, 0.3) is 0 Å². The Bertz CT molecular complexity index is 493. The maximum Gasteiger partial charge on any atom is 0.302 e. The standard InChI is InChI=1S/C15H14O3/c1-3-4-5-6-7-8-9-10-11-12-15(17)13-18-14(2)16/h3-4,11-12,15,17H,13H2,1-2H3/b4-3-,12-11+/t15-/m0/s1. The third kappa shape index (κ3) is 11.7. The minimum Gasteiger partial charge on any atom is -0.463 e. The number of rotatable bonds is 3. The first kappa shape index (κ1) is 15.6. The molecule has 18 heavy (non-hydrogen) atoms. The van der Waals surface area contributed by atoms with E-state index in [0.29, 0.717) is 0 Å². The molecule has 0 bridgehead atoms. The summed E-state index contributed by atoms with van der Waals surface area (Å²) in [6, 6.07) is 0. The predicted octanol–water partition coefficient (Wildman–Crippen LogP) is 1.05.